The van der Waals surface area contributed by atoms with E-state index in [1.54, 1.807) is 0 Å². The van der Waals surface area contributed by atoms with Crippen LogP contribution in [0.4, 0.5) is 0 Å². The fourth-order valence-electron chi connectivity index (χ4n) is 2.57. The van der Waals surface area contributed by atoms with Crippen LogP contribution in [-0.2, 0) is 0 Å². The third-order valence-electron chi connectivity index (χ3n) is 3.63. The van der Waals surface area contributed by atoms with Crippen LogP contribution in [0.5, 0.6) is 0 Å². The molecule has 4 aromatic rings. The second-order valence-electron chi connectivity index (χ2n) is 5.12. The first-order valence-corrected chi connectivity index (χ1v) is 8.96. The van der Waals surface area contributed by atoms with Crippen molar-refractivity contribution >= 4 is 67.0 Å². The quantitative estimate of drug-likeness (QED) is 0.311. The Morgan fingerprint density at radius 3 is 1.50 bits per heavy atom. The molecule has 2 nitrogen and oxygen atoms in total. The van der Waals surface area contributed by atoms with E-state index >= 15 is 0 Å². The lowest BCUT2D eigenvalue weighted by Gasteiger charge is -2.06. The normalized spacial score (nSPS) is 11.2. The molecule has 0 spiro atoms. The van der Waals surface area contributed by atoms with Crippen molar-refractivity contribution in [3.05, 3.63) is 68.1 Å². The fraction of sp³-hybridized carbons (Fsp3) is 0. The zero-order valence-electron chi connectivity index (χ0n) is 11.4. The van der Waals surface area contributed by atoms with Crippen LogP contribution in [0.25, 0.3) is 32.9 Å². The molecule has 4 heteroatoms. The van der Waals surface area contributed by atoms with E-state index in [1.807, 2.05) is 12.4 Å². The van der Waals surface area contributed by atoms with Crippen molar-refractivity contribution in [1.29, 1.82) is 0 Å². The van der Waals surface area contributed by atoms with Gasteiger partial charge in [0, 0.05) is 30.3 Å². The predicted molar refractivity (Wildman–Crippen MR) is 108 cm³/mol. The van der Waals surface area contributed by atoms with Crippen LogP contribution in [-0.4, -0.2) is 9.97 Å². The highest BCUT2D eigenvalue weighted by Gasteiger charge is 2.04. The second-order valence-corrected chi connectivity index (χ2v) is 7.61. The largest absolute Gasteiger partial charge is 0.255 e. The fourth-order valence-corrected chi connectivity index (χ4v) is 3.52. The highest BCUT2D eigenvalue weighted by molar-refractivity contribution is 14.1. The summed E-state index contributed by atoms with van der Waals surface area (Å²) in [7, 11) is 0. The summed E-state index contributed by atoms with van der Waals surface area (Å²) in [5.41, 5.74) is 4.47. The number of aromatic nitrogens is 2. The molecular weight excluding hydrogens is 498 g/mol. The summed E-state index contributed by atoms with van der Waals surface area (Å²) in [6, 6.07) is 17.2. The van der Waals surface area contributed by atoms with Crippen LogP contribution in [0.15, 0.2) is 60.9 Å². The summed E-state index contributed by atoms with van der Waals surface area (Å²) < 4.78 is 2.30. The van der Waals surface area contributed by atoms with E-state index < -0.39 is 0 Å². The molecule has 0 saturated heterocycles. The van der Waals surface area contributed by atoms with Crippen molar-refractivity contribution in [3.8, 4) is 11.1 Å². The molecule has 0 fully saturated rings. The number of rotatable bonds is 1. The molecule has 0 aliphatic heterocycles. The van der Waals surface area contributed by atoms with Crippen molar-refractivity contribution < 1.29 is 0 Å². The van der Waals surface area contributed by atoms with Gasteiger partial charge in [-0.25, -0.2) is 0 Å². The summed E-state index contributed by atoms with van der Waals surface area (Å²) in [6.45, 7) is 0. The maximum atomic E-state index is 4.46. The average molecular weight is 508 g/mol. The predicted octanol–water partition coefficient (Wildman–Crippen LogP) is 5.66. The molecule has 106 valence electrons. The molecular formula is C18H10I2N2. The number of fused-ring (bicyclic) bond motifs is 2. The number of hydrogen-bond acceptors (Lipinski definition) is 2. The van der Waals surface area contributed by atoms with E-state index in [1.165, 1.54) is 21.9 Å². The van der Waals surface area contributed by atoms with Gasteiger partial charge in [-0.15, -0.1) is 0 Å². The van der Waals surface area contributed by atoms with E-state index in [0.717, 1.165) is 18.2 Å². The van der Waals surface area contributed by atoms with Crippen molar-refractivity contribution in [1.82, 2.24) is 9.97 Å². The molecule has 22 heavy (non-hydrogen) atoms. The van der Waals surface area contributed by atoms with Gasteiger partial charge in [0.2, 0.25) is 0 Å². The highest BCUT2D eigenvalue weighted by atomic mass is 127. The molecule has 0 aliphatic carbocycles. The first kappa shape index (κ1) is 14.3. The molecule has 0 radical (unpaired) electrons. The zero-order chi connectivity index (χ0) is 15.1. The standard InChI is InChI=1S/C18H10I2N2/c19-15-7-13-5-11(1-3-17(13)21-9-15)12-2-4-18-14(6-12)8-16(20)10-22-18/h1-10H. The van der Waals surface area contributed by atoms with Gasteiger partial charge in [-0.3, -0.25) is 9.97 Å². The highest BCUT2D eigenvalue weighted by Crippen LogP contribution is 2.27. The van der Waals surface area contributed by atoms with E-state index in [4.69, 9.17) is 0 Å². The number of halogens is 2. The molecule has 0 aliphatic rings. The molecule has 2 aromatic carbocycles. The third-order valence-corrected chi connectivity index (χ3v) is 4.81. The van der Waals surface area contributed by atoms with Crippen molar-refractivity contribution in [2.45, 2.75) is 0 Å². The molecule has 0 bridgehead atoms. The summed E-state index contributed by atoms with van der Waals surface area (Å²) in [5, 5.41) is 2.34. The van der Waals surface area contributed by atoms with Crippen LogP contribution >= 0.6 is 45.2 Å². The second kappa shape index (κ2) is 5.73. The smallest absolute Gasteiger partial charge is 0.0703 e. The number of pyridine rings is 2. The van der Waals surface area contributed by atoms with Crippen LogP contribution in [0.1, 0.15) is 0 Å². The molecule has 0 saturated carbocycles. The van der Waals surface area contributed by atoms with Gasteiger partial charge in [-0.05, 0) is 92.7 Å². The van der Waals surface area contributed by atoms with Gasteiger partial charge < -0.3 is 0 Å². The van der Waals surface area contributed by atoms with Gasteiger partial charge in [0.05, 0.1) is 11.0 Å². The Bertz CT molecular complexity index is 929. The Kier molecular flexibility index (Phi) is 3.73. The van der Waals surface area contributed by atoms with Crippen LogP contribution in [0.2, 0.25) is 0 Å². The summed E-state index contributed by atoms with van der Waals surface area (Å²) in [5.74, 6) is 0. The van der Waals surface area contributed by atoms with E-state index in [-0.39, 0.29) is 0 Å². The first-order valence-electron chi connectivity index (χ1n) is 6.80. The molecule has 4 rings (SSSR count). The maximum absolute atomic E-state index is 4.46. The van der Waals surface area contributed by atoms with E-state index in [0.29, 0.717) is 0 Å². The van der Waals surface area contributed by atoms with E-state index in [9.17, 15) is 0 Å². The van der Waals surface area contributed by atoms with Crippen molar-refractivity contribution in [2.24, 2.45) is 0 Å². The molecule has 0 unspecified atom stereocenters. The van der Waals surface area contributed by atoms with Crippen LogP contribution in [0.3, 0.4) is 0 Å². The van der Waals surface area contributed by atoms with Crippen LogP contribution in [0, 0.1) is 7.14 Å². The van der Waals surface area contributed by atoms with Crippen molar-refractivity contribution in [2.75, 3.05) is 0 Å². The molecule has 2 aromatic heterocycles. The average Bonchev–Trinajstić information content (AvgIpc) is 2.53. The number of hydrogen-bond donors (Lipinski definition) is 0. The summed E-state index contributed by atoms with van der Waals surface area (Å²) >= 11 is 4.60. The Morgan fingerprint density at radius 2 is 1.05 bits per heavy atom. The topological polar surface area (TPSA) is 25.8 Å². The molecule has 2 heterocycles. The first-order chi connectivity index (χ1) is 10.7. The number of benzene rings is 2. The Balaban J connectivity index is 1.90. The maximum Gasteiger partial charge on any atom is 0.0703 e. The van der Waals surface area contributed by atoms with Gasteiger partial charge in [0.1, 0.15) is 0 Å². The summed E-state index contributed by atoms with van der Waals surface area (Å²) in [6.07, 6.45) is 3.79. The van der Waals surface area contributed by atoms with Gasteiger partial charge in [0.25, 0.3) is 0 Å². The third kappa shape index (κ3) is 2.69. The van der Waals surface area contributed by atoms with Gasteiger partial charge in [-0.1, -0.05) is 12.1 Å². The Morgan fingerprint density at radius 1 is 0.591 bits per heavy atom. The minimum absolute atomic E-state index is 1.03. The summed E-state index contributed by atoms with van der Waals surface area (Å²) in [4.78, 5) is 8.92. The molecule has 0 atom stereocenters. The molecule has 0 amide bonds. The van der Waals surface area contributed by atoms with E-state index in [2.05, 4.69) is 104 Å². The van der Waals surface area contributed by atoms with Crippen molar-refractivity contribution in [3.63, 3.8) is 0 Å². The van der Waals surface area contributed by atoms with Gasteiger partial charge >= 0.3 is 0 Å². The lowest BCUT2D eigenvalue weighted by atomic mass is 10.0. The Labute approximate surface area is 155 Å². The van der Waals surface area contributed by atoms with Crippen LogP contribution < -0.4 is 0 Å². The SMILES string of the molecule is Ic1cnc2ccc(-c3ccc4ncc(I)cc4c3)cc2c1. The minimum atomic E-state index is 1.03. The van der Waals surface area contributed by atoms with Gasteiger partial charge in [0.15, 0.2) is 0 Å². The zero-order valence-corrected chi connectivity index (χ0v) is 15.7. The molecule has 0 N–H and O–H groups in total. The number of nitrogens with zero attached hydrogens (tertiary/aromatic N) is 2. The van der Waals surface area contributed by atoms with Gasteiger partial charge in [-0.2, -0.15) is 0 Å². The lowest BCUT2D eigenvalue weighted by Crippen LogP contribution is -1.85. The Hall–Kier alpha value is -1.28. The lowest BCUT2D eigenvalue weighted by molar-refractivity contribution is 1.38. The monoisotopic (exact) mass is 508 g/mol. The minimum Gasteiger partial charge on any atom is -0.255 e.